The lowest BCUT2D eigenvalue weighted by atomic mass is 9.74. The van der Waals surface area contributed by atoms with Crippen molar-refractivity contribution in [2.24, 2.45) is 5.41 Å². The highest BCUT2D eigenvalue weighted by atomic mass is 32.2. The van der Waals surface area contributed by atoms with Gasteiger partial charge >= 0.3 is 5.97 Å². The van der Waals surface area contributed by atoms with Crippen molar-refractivity contribution in [1.29, 1.82) is 0 Å². The Balaban J connectivity index is 1.87. The number of amides is 1. The SMILES string of the molecule is O=C(NCC1(C(=O)O)CCCCC1)C1CSCCN1. The predicted molar refractivity (Wildman–Crippen MR) is 75.3 cm³/mol. The van der Waals surface area contributed by atoms with Gasteiger partial charge in [0.05, 0.1) is 11.5 Å². The third kappa shape index (κ3) is 3.63. The van der Waals surface area contributed by atoms with Gasteiger partial charge < -0.3 is 15.7 Å². The van der Waals surface area contributed by atoms with Gasteiger partial charge in [-0.2, -0.15) is 11.8 Å². The van der Waals surface area contributed by atoms with E-state index in [1.165, 1.54) is 0 Å². The fourth-order valence-corrected chi connectivity index (χ4v) is 3.74. The van der Waals surface area contributed by atoms with E-state index in [1.807, 2.05) is 0 Å². The van der Waals surface area contributed by atoms with E-state index in [0.29, 0.717) is 12.8 Å². The minimum atomic E-state index is -0.765. The fraction of sp³-hybridized carbons (Fsp3) is 0.846. The molecule has 1 aliphatic heterocycles. The van der Waals surface area contributed by atoms with Crippen LogP contribution in [-0.2, 0) is 9.59 Å². The monoisotopic (exact) mass is 286 g/mol. The molecule has 19 heavy (non-hydrogen) atoms. The average molecular weight is 286 g/mol. The topological polar surface area (TPSA) is 78.4 Å². The normalized spacial score (nSPS) is 26.6. The largest absolute Gasteiger partial charge is 0.481 e. The summed E-state index contributed by atoms with van der Waals surface area (Å²) in [5, 5.41) is 15.5. The maximum Gasteiger partial charge on any atom is 0.311 e. The number of thioether (sulfide) groups is 1. The van der Waals surface area contributed by atoms with Gasteiger partial charge in [0, 0.05) is 24.6 Å². The van der Waals surface area contributed by atoms with Crippen molar-refractivity contribution in [1.82, 2.24) is 10.6 Å². The highest BCUT2D eigenvalue weighted by molar-refractivity contribution is 7.99. The summed E-state index contributed by atoms with van der Waals surface area (Å²) in [6.45, 7) is 1.11. The molecule has 1 heterocycles. The van der Waals surface area contributed by atoms with E-state index >= 15 is 0 Å². The smallest absolute Gasteiger partial charge is 0.311 e. The summed E-state index contributed by atoms with van der Waals surface area (Å²) in [5.74, 6) is 0.978. The molecule has 0 aromatic heterocycles. The highest BCUT2D eigenvalue weighted by Gasteiger charge is 2.40. The van der Waals surface area contributed by atoms with Crippen LogP contribution in [-0.4, -0.2) is 47.6 Å². The van der Waals surface area contributed by atoms with Crippen LogP contribution >= 0.6 is 11.8 Å². The minimum Gasteiger partial charge on any atom is -0.481 e. The summed E-state index contributed by atoms with van der Waals surface area (Å²) in [5.41, 5.74) is -0.740. The Kier molecular flexibility index (Phi) is 5.10. The van der Waals surface area contributed by atoms with Crippen LogP contribution in [0, 0.1) is 5.41 Å². The molecule has 0 radical (unpaired) electrons. The van der Waals surface area contributed by atoms with Gasteiger partial charge in [0.15, 0.2) is 0 Å². The van der Waals surface area contributed by atoms with Gasteiger partial charge in [-0.3, -0.25) is 9.59 Å². The van der Waals surface area contributed by atoms with E-state index in [-0.39, 0.29) is 18.5 Å². The lowest BCUT2D eigenvalue weighted by Crippen LogP contribution is -2.52. The molecule has 1 saturated carbocycles. The summed E-state index contributed by atoms with van der Waals surface area (Å²) in [7, 11) is 0. The molecule has 6 heteroatoms. The number of hydrogen-bond donors (Lipinski definition) is 3. The van der Waals surface area contributed by atoms with E-state index < -0.39 is 11.4 Å². The molecule has 2 aliphatic rings. The number of carboxylic acid groups (broad SMARTS) is 1. The average Bonchev–Trinajstić information content (AvgIpc) is 2.46. The van der Waals surface area contributed by atoms with Crippen molar-refractivity contribution < 1.29 is 14.7 Å². The summed E-state index contributed by atoms with van der Waals surface area (Å²) < 4.78 is 0. The Hall–Kier alpha value is -0.750. The first-order chi connectivity index (χ1) is 9.14. The molecular formula is C13H22N2O3S. The third-order valence-electron chi connectivity index (χ3n) is 4.10. The molecule has 108 valence electrons. The zero-order chi connectivity index (χ0) is 13.7. The van der Waals surface area contributed by atoms with Crippen LogP contribution in [0.4, 0.5) is 0 Å². The Morgan fingerprint density at radius 3 is 2.63 bits per heavy atom. The van der Waals surface area contributed by atoms with Crippen molar-refractivity contribution in [3.63, 3.8) is 0 Å². The number of aliphatic carboxylic acids is 1. The second kappa shape index (κ2) is 6.61. The zero-order valence-corrected chi connectivity index (χ0v) is 11.9. The number of carbonyl (C=O) groups excluding carboxylic acids is 1. The van der Waals surface area contributed by atoms with Crippen LogP contribution < -0.4 is 10.6 Å². The van der Waals surface area contributed by atoms with Gasteiger partial charge in [0.25, 0.3) is 0 Å². The van der Waals surface area contributed by atoms with Crippen molar-refractivity contribution in [2.45, 2.75) is 38.1 Å². The van der Waals surface area contributed by atoms with E-state index in [1.54, 1.807) is 11.8 Å². The molecule has 0 aromatic carbocycles. The van der Waals surface area contributed by atoms with Crippen LogP contribution in [0.5, 0.6) is 0 Å². The van der Waals surface area contributed by atoms with Crippen LogP contribution in [0.15, 0.2) is 0 Å². The number of carboxylic acids is 1. The lowest BCUT2D eigenvalue weighted by molar-refractivity contribution is -0.151. The molecule has 0 spiro atoms. The second-order valence-corrected chi connectivity index (χ2v) is 6.60. The Bertz CT molecular complexity index is 337. The maximum atomic E-state index is 12.0. The molecule has 3 N–H and O–H groups in total. The molecule has 0 bridgehead atoms. The van der Waals surface area contributed by atoms with Crippen LogP contribution in [0.2, 0.25) is 0 Å². The molecule has 5 nitrogen and oxygen atoms in total. The van der Waals surface area contributed by atoms with Crippen LogP contribution in [0.3, 0.4) is 0 Å². The van der Waals surface area contributed by atoms with Gasteiger partial charge in [-0.05, 0) is 12.8 Å². The van der Waals surface area contributed by atoms with E-state index in [0.717, 1.165) is 37.3 Å². The van der Waals surface area contributed by atoms with Gasteiger partial charge in [-0.1, -0.05) is 19.3 Å². The van der Waals surface area contributed by atoms with Crippen molar-refractivity contribution in [3.8, 4) is 0 Å². The van der Waals surface area contributed by atoms with Crippen LogP contribution in [0.25, 0.3) is 0 Å². The lowest BCUT2D eigenvalue weighted by Gasteiger charge is -2.34. The van der Waals surface area contributed by atoms with Crippen molar-refractivity contribution in [2.75, 3.05) is 24.6 Å². The van der Waals surface area contributed by atoms with Gasteiger partial charge in [0.1, 0.15) is 0 Å². The second-order valence-electron chi connectivity index (χ2n) is 5.45. The molecule has 1 aliphatic carbocycles. The number of hydrogen-bond acceptors (Lipinski definition) is 4. The van der Waals surface area contributed by atoms with Gasteiger partial charge in [0.2, 0.25) is 5.91 Å². The summed E-state index contributed by atoms with van der Waals surface area (Å²) in [4.78, 5) is 23.5. The zero-order valence-electron chi connectivity index (χ0n) is 11.1. The Labute approximate surface area is 117 Å². The van der Waals surface area contributed by atoms with E-state index in [2.05, 4.69) is 10.6 Å². The van der Waals surface area contributed by atoms with Crippen molar-refractivity contribution in [3.05, 3.63) is 0 Å². The molecule has 1 saturated heterocycles. The van der Waals surface area contributed by atoms with Crippen molar-refractivity contribution >= 4 is 23.6 Å². The number of nitrogens with one attached hydrogen (secondary N) is 2. The molecule has 0 aromatic rings. The first-order valence-electron chi connectivity index (χ1n) is 6.96. The standard InChI is InChI=1S/C13H22N2O3S/c16-11(10-8-19-7-6-14-10)15-9-13(12(17)18)4-2-1-3-5-13/h10,14H,1-9H2,(H,15,16)(H,17,18). The quantitative estimate of drug-likeness (QED) is 0.714. The number of rotatable bonds is 4. The molecule has 1 amide bonds. The molecule has 1 unspecified atom stereocenters. The highest BCUT2D eigenvalue weighted by Crippen LogP contribution is 2.36. The molecule has 2 fully saturated rings. The summed E-state index contributed by atoms with van der Waals surface area (Å²) in [6, 6.07) is -0.173. The molecule has 2 rings (SSSR count). The fourth-order valence-electron chi connectivity index (χ4n) is 2.81. The van der Waals surface area contributed by atoms with Gasteiger partial charge in [-0.25, -0.2) is 0 Å². The summed E-state index contributed by atoms with van der Waals surface area (Å²) >= 11 is 1.76. The number of carbonyl (C=O) groups is 2. The summed E-state index contributed by atoms with van der Waals surface area (Å²) in [6.07, 6.45) is 4.34. The first kappa shape index (κ1) is 14.7. The van der Waals surface area contributed by atoms with E-state index in [4.69, 9.17) is 0 Å². The minimum absolute atomic E-state index is 0.0570. The third-order valence-corrected chi connectivity index (χ3v) is 5.17. The van der Waals surface area contributed by atoms with Gasteiger partial charge in [-0.15, -0.1) is 0 Å². The Morgan fingerprint density at radius 2 is 2.05 bits per heavy atom. The Morgan fingerprint density at radius 1 is 1.32 bits per heavy atom. The van der Waals surface area contributed by atoms with E-state index in [9.17, 15) is 14.7 Å². The molecule has 1 atom stereocenters. The molecular weight excluding hydrogens is 264 g/mol. The maximum absolute atomic E-state index is 12.0. The first-order valence-corrected chi connectivity index (χ1v) is 8.12. The van der Waals surface area contributed by atoms with Crippen LogP contribution in [0.1, 0.15) is 32.1 Å². The predicted octanol–water partition coefficient (Wildman–Crippen LogP) is 0.843.